The Hall–Kier alpha value is -2.28. The van der Waals surface area contributed by atoms with E-state index in [4.69, 9.17) is 27.9 Å². The minimum absolute atomic E-state index is 0.114. The molecule has 8 atom stereocenters. The third-order valence-corrected chi connectivity index (χ3v) is 9.68. The van der Waals surface area contributed by atoms with E-state index >= 15 is 0 Å². The molecule has 0 N–H and O–H groups in total. The Morgan fingerprint density at radius 1 is 1.20 bits per heavy atom. The summed E-state index contributed by atoms with van der Waals surface area (Å²) in [6, 6.07) is 0. The molecule has 4 fully saturated rings. The number of hydrogen-bond donors (Lipinski definition) is 0. The highest BCUT2D eigenvalue weighted by molar-refractivity contribution is 6.01. The second-order valence-corrected chi connectivity index (χ2v) is 10.9. The molecule has 5 aliphatic rings. The first-order valence-corrected chi connectivity index (χ1v) is 11.9. The van der Waals surface area contributed by atoms with Crippen molar-refractivity contribution in [2.45, 2.75) is 90.2 Å². The Balaban J connectivity index is 1.56. The molecule has 5 rings (SSSR count). The number of ketones is 2. The van der Waals surface area contributed by atoms with Gasteiger partial charge in [0.05, 0.1) is 6.10 Å². The maximum atomic E-state index is 14.3. The highest BCUT2D eigenvalue weighted by atomic mass is 16.6. The van der Waals surface area contributed by atoms with Gasteiger partial charge >= 0.3 is 11.9 Å². The van der Waals surface area contributed by atoms with E-state index in [1.807, 2.05) is 13.0 Å². The van der Waals surface area contributed by atoms with Crippen molar-refractivity contribution in [1.29, 1.82) is 0 Å². The molecule has 0 amide bonds. The smallest absolute Gasteiger partial charge is 0.306 e. The van der Waals surface area contributed by atoms with Crippen molar-refractivity contribution in [3.63, 3.8) is 0 Å². The monoisotopic (exact) mass is 494 g/mol. The zero-order valence-corrected chi connectivity index (χ0v) is 19.9. The molecule has 190 valence electrons. The predicted octanol–water partition coefficient (Wildman–Crippen LogP) is 3.89. The fraction of sp³-hybridized carbons (Fsp3) is 0.714. The Morgan fingerprint density at radius 3 is 2.69 bits per heavy atom. The SMILES string of the molecule is [2H]C([2H])([2H])C([2H])([2H])C(=O)OCC(=O)[C@@]1(OC(=O)C([2H])([2H])C([2H])([2H])[2H])[C@@H](C)C[C@H]2[C@@H]3CCC4=CC(=O)C=C[C@]4(C)[C@@]34O[C@H]4C[C@@]21C. The van der Waals surface area contributed by atoms with E-state index in [0.29, 0.717) is 12.8 Å². The van der Waals surface area contributed by atoms with Crippen molar-refractivity contribution in [3.8, 4) is 0 Å². The van der Waals surface area contributed by atoms with Crippen LogP contribution in [0.1, 0.15) is 86.6 Å². The maximum Gasteiger partial charge on any atom is 0.306 e. The lowest BCUT2D eigenvalue weighted by Crippen LogP contribution is -2.63. The molecule has 1 spiro atoms. The number of carbonyl (C=O) groups is 4. The molecular formula is C28H36O7. The molecular weight excluding hydrogens is 448 g/mol. The Bertz CT molecular complexity index is 1420. The lowest BCUT2D eigenvalue weighted by atomic mass is 9.46. The fourth-order valence-corrected chi connectivity index (χ4v) is 8.28. The topological polar surface area (TPSA) is 99.3 Å². The molecule has 1 aliphatic heterocycles. The minimum atomic E-state index is -3.52. The molecule has 4 aliphatic carbocycles. The summed E-state index contributed by atoms with van der Waals surface area (Å²) in [5.41, 5.74) is -3.95. The van der Waals surface area contributed by atoms with Crippen LogP contribution in [0.2, 0.25) is 0 Å². The lowest BCUT2D eigenvalue weighted by molar-refractivity contribution is -0.194. The van der Waals surface area contributed by atoms with E-state index < -0.39 is 90.8 Å². The number of rotatable bonds is 6. The second kappa shape index (κ2) is 7.86. The summed E-state index contributed by atoms with van der Waals surface area (Å²) in [4.78, 5) is 52.4. The van der Waals surface area contributed by atoms with Crippen LogP contribution >= 0.6 is 0 Å². The van der Waals surface area contributed by atoms with Gasteiger partial charge in [0.2, 0.25) is 5.78 Å². The Morgan fingerprint density at radius 2 is 1.94 bits per heavy atom. The van der Waals surface area contributed by atoms with E-state index in [-0.39, 0.29) is 24.5 Å². The van der Waals surface area contributed by atoms with Gasteiger partial charge in [0.1, 0.15) is 5.60 Å². The molecule has 1 saturated heterocycles. The average Bonchev–Trinajstić information content (AvgIpc) is 3.58. The number of esters is 2. The summed E-state index contributed by atoms with van der Waals surface area (Å²) in [5, 5.41) is 0. The molecule has 1 heterocycles. The summed E-state index contributed by atoms with van der Waals surface area (Å²) in [5.74, 6) is -6.28. The molecule has 0 aromatic carbocycles. The van der Waals surface area contributed by atoms with Gasteiger partial charge in [0.15, 0.2) is 18.0 Å². The van der Waals surface area contributed by atoms with E-state index in [1.165, 1.54) is 6.08 Å². The standard InChI is InChI=1S/C28H36O7/c1-6-23(31)33-15-21(30)27(35-24(32)7-2)16(3)12-20-19-9-8-17-13-18(29)10-11-25(17,4)28(19)22(34-28)14-26(20,27)5/h10-11,13,16,19-20,22H,6-9,12,14-15H2,1-5H3/t16-,19-,20-,22-,25-,26-,27-,28+/m0/s1/i1D3,2D3,6D2,7D2. The first-order chi connectivity index (χ1) is 20.3. The summed E-state index contributed by atoms with van der Waals surface area (Å²) in [6.07, 6.45) is -1.01. The van der Waals surface area contributed by atoms with Crippen molar-refractivity contribution in [2.24, 2.45) is 28.6 Å². The van der Waals surface area contributed by atoms with Crippen LogP contribution in [-0.4, -0.2) is 47.4 Å². The van der Waals surface area contributed by atoms with Crippen LogP contribution in [0.15, 0.2) is 23.8 Å². The fourth-order valence-electron chi connectivity index (χ4n) is 8.28. The van der Waals surface area contributed by atoms with Crippen molar-refractivity contribution in [3.05, 3.63) is 23.8 Å². The third kappa shape index (κ3) is 3.00. The van der Waals surface area contributed by atoms with Crippen molar-refractivity contribution < 1.29 is 47.1 Å². The van der Waals surface area contributed by atoms with Crippen LogP contribution in [0.25, 0.3) is 0 Å². The minimum Gasteiger partial charge on any atom is -0.457 e. The maximum absolute atomic E-state index is 14.3. The van der Waals surface area contributed by atoms with Gasteiger partial charge < -0.3 is 14.2 Å². The van der Waals surface area contributed by atoms with Gasteiger partial charge in [-0.2, -0.15) is 0 Å². The zero-order chi connectivity index (χ0) is 34.0. The van der Waals surface area contributed by atoms with E-state index in [9.17, 15) is 19.2 Å². The van der Waals surface area contributed by atoms with Crippen LogP contribution in [0.4, 0.5) is 0 Å². The number of epoxide rings is 1. The van der Waals surface area contributed by atoms with Gasteiger partial charge in [-0.1, -0.05) is 39.2 Å². The van der Waals surface area contributed by atoms with Gasteiger partial charge in [-0.3, -0.25) is 19.2 Å². The van der Waals surface area contributed by atoms with Crippen LogP contribution in [0.3, 0.4) is 0 Å². The van der Waals surface area contributed by atoms with Gasteiger partial charge in [0.25, 0.3) is 0 Å². The van der Waals surface area contributed by atoms with Gasteiger partial charge in [-0.15, -0.1) is 0 Å². The molecule has 0 bridgehead atoms. The van der Waals surface area contributed by atoms with Crippen LogP contribution in [0.5, 0.6) is 0 Å². The van der Waals surface area contributed by atoms with E-state index in [0.717, 1.165) is 5.57 Å². The number of allylic oxidation sites excluding steroid dienone is 2. The van der Waals surface area contributed by atoms with Crippen LogP contribution < -0.4 is 0 Å². The molecule has 0 unspecified atom stereocenters. The lowest BCUT2D eigenvalue weighted by Gasteiger charge is -2.56. The molecule has 0 aromatic rings. The molecule has 0 aromatic heterocycles. The number of hydrogen-bond acceptors (Lipinski definition) is 7. The Kier molecular flexibility index (Phi) is 3.39. The van der Waals surface area contributed by atoms with Crippen LogP contribution in [-0.2, 0) is 33.4 Å². The van der Waals surface area contributed by atoms with E-state index in [2.05, 4.69) is 0 Å². The number of carbonyl (C=O) groups excluding carboxylic acids is 4. The molecule has 0 radical (unpaired) electrons. The first kappa shape index (κ1) is 15.1. The van der Waals surface area contributed by atoms with Gasteiger partial charge in [0, 0.05) is 43.2 Å². The van der Waals surface area contributed by atoms with Gasteiger partial charge in [-0.05, 0) is 56.6 Å². The zero-order valence-electron chi connectivity index (χ0n) is 29.9. The molecule has 3 saturated carbocycles. The summed E-state index contributed by atoms with van der Waals surface area (Å²) in [7, 11) is 0. The average molecular weight is 495 g/mol. The molecule has 7 heteroatoms. The first-order valence-electron chi connectivity index (χ1n) is 16.9. The molecule has 35 heavy (non-hydrogen) atoms. The third-order valence-electron chi connectivity index (χ3n) is 9.68. The van der Waals surface area contributed by atoms with E-state index in [1.54, 1.807) is 19.9 Å². The summed E-state index contributed by atoms with van der Waals surface area (Å²) < 4.78 is 93.3. The molecule has 7 nitrogen and oxygen atoms in total. The number of Topliss-reactive ketones (excluding diaryl/α,β-unsaturated/α-hetero) is 1. The number of fused-ring (bicyclic) bond motifs is 3. The van der Waals surface area contributed by atoms with Crippen LogP contribution in [0, 0.1) is 28.6 Å². The second-order valence-electron chi connectivity index (χ2n) is 10.9. The highest BCUT2D eigenvalue weighted by Gasteiger charge is 2.83. The van der Waals surface area contributed by atoms with Crippen molar-refractivity contribution in [1.82, 2.24) is 0 Å². The van der Waals surface area contributed by atoms with Crippen molar-refractivity contribution >= 4 is 23.5 Å². The predicted molar refractivity (Wildman–Crippen MR) is 126 cm³/mol. The normalized spacial score (nSPS) is 50.6. The summed E-state index contributed by atoms with van der Waals surface area (Å²) >= 11 is 0. The van der Waals surface area contributed by atoms with Gasteiger partial charge in [-0.25, -0.2) is 0 Å². The largest absolute Gasteiger partial charge is 0.457 e. The van der Waals surface area contributed by atoms with Crippen molar-refractivity contribution in [2.75, 3.05) is 6.61 Å². The Labute approximate surface area is 220 Å². The summed E-state index contributed by atoms with van der Waals surface area (Å²) in [6.45, 7) is -2.80. The highest BCUT2D eigenvalue weighted by Crippen LogP contribution is 2.77. The quantitative estimate of drug-likeness (QED) is 0.408. The number of ether oxygens (including phenoxy) is 3.